The van der Waals surface area contributed by atoms with E-state index in [1.807, 2.05) is 0 Å². The summed E-state index contributed by atoms with van der Waals surface area (Å²) in [6.07, 6.45) is 0.929. The Morgan fingerprint density at radius 3 is 2.55 bits per heavy atom. The molecule has 6 nitrogen and oxygen atoms in total. The van der Waals surface area contributed by atoms with Gasteiger partial charge in [0, 0.05) is 37.5 Å². The van der Waals surface area contributed by atoms with Gasteiger partial charge in [0.2, 0.25) is 0 Å². The number of alkyl halides is 2. The zero-order valence-corrected chi connectivity index (χ0v) is 17.8. The fourth-order valence-electron chi connectivity index (χ4n) is 4.39. The highest BCUT2D eigenvalue weighted by Gasteiger charge is 2.71. The van der Waals surface area contributed by atoms with Crippen molar-refractivity contribution in [3.63, 3.8) is 0 Å². The minimum atomic E-state index is -2.86. The van der Waals surface area contributed by atoms with Crippen LogP contribution in [0.25, 0.3) is 10.9 Å². The van der Waals surface area contributed by atoms with Gasteiger partial charge in [0.05, 0.1) is 11.0 Å². The van der Waals surface area contributed by atoms with Crippen LogP contribution >= 0.6 is 0 Å². The van der Waals surface area contributed by atoms with Crippen LogP contribution in [-0.4, -0.2) is 71.8 Å². The molecule has 1 aliphatic heterocycles. The van der Waals surface area contributed by atoms with Gasteiger partial charge in [-0.1, -0.05) is 0 Å². The standard InChI is InChI=1S/C21H26F4N4O2/c1-19(30)5-4-6-29(10-19)17-14-7-13(22)8-15(23)16(14)26-18(27-17)31-12-20(11-28(2)3)9-21(20,24)25/h7-8,30H,4-6,9-12H2,1-3H3/t19?,20-/m1/s1. The van der Waals surface area contributed by atoms with E-state index in [4.69, 9.17) is 4.74 Å². The molecule has 10 heteroatoms. The molecule has 0 amide bonds. The zero-order valence-electron chi connectivity index (χ0n) is 17.8. The molecule has 0 radical (unpaired) electrons. The van der Waals surface area contributed by atoms with Crippen molar-refractivity contribution >= 4 is 16.7 Å². The maximum absolute atomic E-state index is 14.5. The third-order valence-electron chi connectivity index (χ3n) is 5.96. The molecule has 2 aromatic rings. The van der Waals surface area contributed by atoms with E-state index in [0.717, 1.165) is 6.07 Å². The fourth-order valence-corrected chi connectivity index (χ4v) is 4.39. The second kappa shape index (κ2) is 7.44. The van der Waals surface area contributed by atoms with Crippen molar-refractivity contribution in [2.75, 3.05) is 45.2 Å². The Morgan fingerprint density at radius 2 is 1.94 bits per heavy atom. The molecule has 2 atom stereocenters. The van der Waals surface area contributed by atoms with Crippen LogP contribution in [0.3, 0.4) is 0 Å². The summed E-state index contributed by atoms with van der Waals surface area (Å²) in [7, 11) is 3.40. The molecule has 1 unspecified atom stereocenters. The number of β-amino-alcohol motifs (C(OH)–C–C–N with tert-alkyl or cyclic N) is 1. The Hall–Kier alpha value is -2.20. The monoisotopic (exact) mass is 442 g/mol. The number of hydrogen-bond acceptors (Lipinski definition) is 6. The predicted octanol–water partition coefficient (Wildman–Crippen LogP) is 3.23. The molecule has 1 aliphatic carbocycles. The lowest BCUT2D eigenvalue weighted by Gasteiger charge is -2.38. The average molecular weight is 442 g/mol. The summed E-state index contributed by atoms with van der Waals surface area (Å²) < 4.78 is 62.1. The number of hydrogen-bond donors (Lipinski definition) is 1. The van der Waals surface area contributed by atoms with Gasteiger partial charge in [0.25, 0.3) is 5.92 Å². The van der Waals surface area contributed by atoms with Gasteiger partial charge in [-0.2, -0.15) is 9.97 Å². The molecule has 1 saturated carbocycles. The van der Waals surface area contributed by atoms with Gasteiger partial charge < -0.3 is 19.6 Å². The van der Waals surface area contributed by atoms with Crippen LogP contribution in [0.5, 0.6) is 6.01 Å². The topological polar surface area (TPSA) is 61.7 Å². The quantitative estimate of drug-likeness (QED) is 0.694. The highest BCUT2D eigenvalue weighted by atomic mass is 19.3. The van der Waals surface area contributed by atoms with Crippen molar-refractivity contribution in [1.29, 1.82) is 0 Å². The lowest BCUT2D eigenvalue weighted by Crippen LogP contribution is -2.46. The van der Waals surface area contributed by atoms with Crippen LogP contribution < -0.4 is 9.64 Å². The number of halogens is 4. The van der Waals surface area contributed by atoms with Crippen molar-refractivity contribution in [3.8, 4) is 6.01 Å². The van der Waals surface area contributed by atoms with E-state index < -0.39 is 28.6 Å². The number of anilines is 1. The second-order valence-corrected chi connectivity index (χ2v) is 9.32. The number of fused-ring (bicyclic) bond motifs is 1. The largest absolute Gasteiger partial charge is 0.463 e. The lowest BCUT2D eigenvalue weighted by molar-refractivity contribution is 0.0287. The fraction of sp³-hybridized carbons (Fsp3) is 0.619. The van der Waals surface area contributed by atoms with Gasteiger partial charge in [-0.15, -0.1) is 0 Å². The Labute approximate surface area is 177 Å². The van der Waals surface area contributed by atoms with Crippen LogP contribution in [0.15, 0.2) is 12.1 Å². The summed E-state index contributed by atoms with van der Waals surface area (Å²) >= 11 is 0. The van der Waals surface area contributed by atoms with Crippen molar-refractivity contribution in [2.45, 2.75) is 37.7 Å². The maximum atomic E-state index is 14.5. The minimum absolute atomic E-state index is 0.120. The Bertz CT molecular complexity index is 1000. The summed E-state index contributed by atoms with van der Waals surface area (Å²) in [5.74, 6) is -4.33. The molecule has 0 spiro atoms. The number of nitrogens with zero attached hydrogens (tertiary/aromatic N) is 4. The van der Waals surface area contributed by atoms with Crippen LogP contribution in [-0.2, 0) is 0 Å². The summed E-state index contributed by atoms with van der Waals surface area (Å²) in [4.78, 5) is 11.7. The van der Waals surface area contributed by atoms with Gasteiger partial charge in [-0.05, 0) is 39.9 Å². The third kappa shape index (κ3) is 4.27. The highest BCUT2D eigenvalue weighted by molar-refractivity contribution is 5.90. The van der Waals surface area contributed by atoms with Crippen LogP contribution in [0.2, 0.25) is 0 Å². The first-order valence-corrected chi connectivity index (χ1v) is 10.2. The first kappa shape index (κ1) is 22.0. The van der Waals surface area contributed by atoms with Gasteiger partial charge in [0.15, 0.2) is 5.82 Å². The normalized spacial score (nSPS) is 27.7. The molecule has 170 valence electrons. The second-order valence-electron chi connectivity index (χ2n) is 9.32. The molecule has 2 aliphatic rings. The number of piperidine rings is 1. The molecule has 0 bridgehead atoms. The molecule has 1 aromatic heterocycles. The van der Waals surface area contributed by atoms with E-state index in [2.05, 4.69) is 9.97 Å². The van der Waals surface area contributed by atoms with Gasteiger partial charge in [0.1, 0.15) is 23.8 Å². The van der Waals surface area contributed by atoms with Crippen LogP contribution in [0.4, 0.5) is 23.4 Å². The van der Waals surface area contributed by atoms with E-state index in [-0.39, 0.29) is 48.8 Å². The van der Waals surface area contributed by atoms with E-state index in [1.165, 1.54) is 0 Å². The van der Waals surface area contributed by atoms with E-state index >= 15 is 0 Å². The highest BCUT2D eigenvalue weighted by Crippen LogP contribution is 2.60. The van der Waals surface area contributed by atoms with Crippen LogP contribution in [0, 0.1) is 17.0 Å². The maximum Gasteiger partial charge on any atom is 0.319 e. The molecule has 1 aromatic carbocycles. The average Bonchev–Trinajstić information content (AvgIpc) is 3.18. The first-order valence-electron chi connectivity index (χ1n) is 10.2. The molecule has 2 heterocycles. The number of rotatable bonds is 6. The van der Waals surface area contributed by atoms with E-state index in [9.17, 15) is 22.7 Å². The Balaban J connectivity index is 1.70. The van der Waals surface area contributed by atoms with Gasteiger partial charge >= 0.3 is 6.01 Å². The van der Waals surface area contributed by atoms with Gasteiger partial charge in [-0.25, -0.2) is 17.6 Å². The number of aliphatic hydroxyl groups is 1. The summed E-state index contributed by atoms with van der Waals surface area (Å²) in [6.45, 7) is 2.20. The SMILES string of the molecule is CN(C)C[C@@]1(COc2nc(N3CCCC(C)(O)C3)c3cc(F)cc(F)c3n2)CC1(F)F. The smallest absolute Gasteiger partial charge is 0.319 e. The molecule has 4 rings (SSSR count). The minimum Gasteiger partial charge on any atom is -0.463 e. The molecular formula is C21H26F4N4O2. The zero-order chi connectivity index (χ0) is 22.6. The van der Waals surface area contributed by atoms with Crippen molar-refractivity contribution in [1.82, 2.24) is 14.9 Å². The number of ether oxygens (including phenoxy) is 1. The third-order valence-corrected chi connectivity index (χ3v) is 5.96. The molecule has 2 fully saturated rings. The molecular weight excluding hydrogens is 416 g/mol. The summed E-state index contributed by atoms with van der Waals surface area (Å²) in [6, 6.07) is 1.58. The van der Waals surface area contributed by atoms with Crippen LogP contribution in [0.1, 0.15) is 26.2 Å². The molecule has 31 heavy (non-hydrogen) atoms. The summed E-state index contributed by atoms with van der Waals surface area (Å²) in [5.41, 5.74) is -2.50. The Morgan fingerprint density at radius 1 is 1.23 bits per heavy atom. The van der Waals surface area contributed by atoms with E-state index in [1.54, 1.807) is 30.8 Å². The predicted molar refractivity (Wildman–Crippen MR) is 108 cm³/mol. The first-order chi connectivity index (χ1) is 14.4. The Kier molecular flexibility index (Phi) is 5.28. The number of benzene rings is 1. The summed E-state index contributed by atoms with van der Waals surface area (Å²) in [5, 5.41) is 10.6. The van der Waals surface area contributed by atoms with E-state index in [0.29, 0.717) is 25.5 Å². The lowest BCUT2D eigenvalue weighted by atomic mass is 9.95. The van der Waals surface area contributed by atoms with Crippen molar-refractivity contribution in [2.24, 2.45) is 5.41 Å². The molecule has 1 saturated heterocycles. The van der Waals surface area contributed by atoms with Crippen molar-refractivity contribution < 1.29 is 27.4 Å². The molecule has 1 N–H and O–H groups in total. The van der Waals surface area contributed by atoms with Crippen molar-refractivity contribution in [3.05, 3.63) is 23.8 Å². The van der Waals surface area contributed by atoms with Gasteiger partial charge in [-0.3, -0.25) is 0 Å². The number of aromatic nitrogens is 2.